The molecule has 2 aromatic carbocycles. The number of carbonyl (C=O) groups excluding carboxylic acids is 4. The monoisotopic (exact) mass is 410 g/mol. The molecule has 1 spiro atoms. The van der Waals surface area contributed by atoms with E-state index in [0.29, 0.717) is 18.5 Å². The van der Waals surface area contributed by atoms with Gasteiger partial charge < -0.3 is 16.0 Å². The fourth-order valence-corrected chi connectivity index (χ4v) is 3.97. The van der Waals surface area contributed by atoms with E-state index in [1.165, 1.54) is 19.1 Å². The molecule has 0 aromatic heterocycles. The van der Waals surface area contributed by atoms with Crippen molar-refractivity contribution in [3.05, 3.63) is 59.4 Å². The van der Waals surface area contributed by atoms with E-state index in [2.05, 4.69) is 16.0 Å². The fourth-order valence-electron chi connectivity index (χ4n) is 3.97. The van der Waals surface area contributed by atoms with Crippen molar-refractivity contribution in [3.63, 3.8) is 0 Å². The molecular weight excluding hydrogens is 391 g/mol. The first-order chi connectivity index (χ1) is 14.3. The molecule has 0 bridgehead atoms. The lowest BCUT2D eigenvalue weighted by atomic mass is 9.92. The summed E-state index contributed by atoms with van der Waals surface area (Å²) in [5, 5.41) is 7.57. The number of anilines is 2. The normalized spacial score (nSPS) is 19.6. The van der Waals surface area contributed by atoms with Gasteiger partial charge in [-0.3, -0.25) is 19.3 Å². The summed E-state index contributed by atoms with van der Waals surface area (Å²) in [5.41, 5.74) is 0.689. The van der Waals surface area contributed by atoms with Crippen LogP contribution in [0.25, 0.3) is 0 Å². The molecule has 2 aliphatic rings. The predicted octanol–water partition coefficient (Wildman–Crippen LogP) is 2.12. The molecule has 1 fully saturated rings. The minimum absolute atomic E-state index is 0.167. The third-order valence-electron chi connectivity index (χ3n) is 5.28. The van der Waals surface area contributed by atoms with Gasteiger partial charge in [-0.05, 0) is 42.2 Å². The van der Waals surface area contributed by atoms with Gasteiger partial charge in [-0.15, -0.1) is 0 Å². The number of fused-ring (bicyclic) bond motifs is 2. The zero-order valence-corrected chi connectivity index (χ0v) is 16.1. The van der Waals surface area contributed by atoms with Crippen LogP contribution in [0.3, 0.4) is 0 Å². The highest BCUT2D eigenvalue weighted by Crippen LogP contribution is 2.41. The largest absolute Gasteiger partial charge is 0.326 e. The van der Waals surface area contributed by atoms with Gasteiger partial charge in [0, 0.05) is 12.6 Å². The number of imide groups is 1. The first-order valence-electron chi connectivity index (χ1n) is 9.39. The predicted molar refractivity (Wildman–Crippen MR) is 106 cm³/mol. The van der Waals surface area contributed by atoms with Crippen molar-refractivity contribution < 1.29 is 23.6 Å². The highest BCUT2D eigenvalue weighted by Gasteiger charge is 2.55. The molecule has 9 heteroatoms. The number of carbonyl (C=O) groups is 4. The molecule has 4 rings (SSSR count). The lowest BCUT2D eigenvalue weighted by Gasteiger charge is -2.22. The number of hydrogen-bond donors (Lipinski definition) is 3. The molecule has 1 unspecified atom stereocenters. The number of nitrogens with one attached hydrogen (secondary N) is 3. The molecule has 5 amide bonds. The van der Waals surface area contributed by atoms with Gasteiger partial charge in [0.2, 0.25) is 11.8 Å². The van der Waals surface area contributed by atoms with E-state index in [0.717, 1.165) is 22.1 Å². The van der Waals surface area contributed by atoms with Gasteiger partial charge in [-0.2, -0.15) is 0 Å². The number of rotatable bonds is 4. The summed E-state index contributed by atoms with van der Waals surface area (Å²) >= 11 is 0. The van der Waals surface area contributed by atoms with Crippen LogP contribution in [-0.2, 0) is 26.3 Å². The molecule has 1 atom stereocenters. The number of benzene rings is 2. The van der Waals surface area contributed by atoms with Gasteiger partial charge in [0.05, 0.1) is 5.69 Å². The van der Waals surface area contributed by atoms with E-state index in [1.54, 1.807) is 12.1 Å². The Hall–Kier alpha value is -3.75. The van der Waals surface area contributed by atoms with Gasteiger partial charge in [0.1, 0.15) is 17.9 Å². The number of hydrogen-bond acceptors (Lipinski definition) is 4. The molecular formula is C21H19FN4O4. The maximum absolute atomic E-state index is 14.1. The molecule has 2 aromatic rings. The molecule has 1 saturated heterocycles. The number of halogens is 1. The number of nitrogens with zero attached hydrogens (tertiary/aromatic N) is 1. The van der Waals surface area contributed by atoms with E-state index < -0.39 is 35.7 Å². The lowest BCUT2D eigenvalue weighted by Crippen LogP contribution is -2.43. The van der Waals surface area contributed by atoms with Crippen LogP contribution in [-0.4, -0.2) is 35.2 Å². The maximum atomic E-state index is 14.1. The van der Waals surface area contributed by atoms with Crippen molar-refractivity contribution in [2.45, 2.75) is 25.3 Å². The van der Waals surface area contributed by atoms with Crippen LogP contribution in [0.4, 0.5) is 20.6 Å². The summed E-state index contributed by atoms with van der Waals surface area (Å²) in [4.78, 5) is 50.0. The molecule has 1 heterocycles. The average molecular weight is 410 g/mol. The van der Waals surface area contributed by atoms with Gasteiger partial charge >= 0.3 is 6.03 Å². The summed E-state index contributed by atoms with van der Waals surface area (Å²) in [5.74, 6) is -2.29. The second-order valence-electron chi connectivity index (χ2n) is 7.31. The Morgan fingerprint density at radius 1 is 1.17 bits per heavy atom. The molecule has 0 saturated carbocycles. The van der Waals surface area contributed by atoms with E-state index in [-0.39, 0.29) is 11.6 Å². The highest BCUT2D eigenvalue weighted by atomic mass is 19.1. The lowest BCUT2D eigenvalue weighted by molar-refractivity contribution is -0.134. The SMILES string of the molecule is CC(=O)Nc1ccc(F)c(NC(=O)CN2C(=O)NC3(CCc4ccccc43)C2=O)c1. The van der Waals surface area contributed by atoms with Crippen LogP contribution in [0.15, 0.2) is 42.5 Å². The third-order valence-corrected chi connectivity index (χ3v) is 5.28. The first-order valence-corrected chi connectivity index (χ1v) is 9.39. The van der Waals surface area contributed by atoms with Crippen molar-refractivity contribution in [1.29, 1.82) is 0 Å². The van der Waals surface area contributed by atoms with Crippen molar-refractivity contribution in [2.24, 2.45) is 0 Å². The zero-order chi connectivity index (χ0) is 21.5. The zero-order valence-electron chi connectivity index (χ0n) is 16.1. The number of amides is 5. The van der Waals surface area contributed by atoms with Crippen LogP contribution >= 0.6 is 0 Å². The quantitative estimate of drug-likeness (QED) is 0.671. The van der Waals surface area contributed by atoms with E-state index in [9.17, 15) is 23.6 Å². The van der Waals surface area contributed by atoms with Gasteiger partial charge in [-0.25, -0.2) is 9.18 Å². The summed E-state index contributed by atoms with van der Waals surface area (Å²) in [6.45, 7) is 0.745. The van der Waals surface area contributed by atoms with E-state index >= 15 is 0 Å². The smallest absolute Gasteiger partial charge is 0.325 e. The molecule has 3 N–H and O–H groups in total. The fraction of sp³-hybridized carbons (Fsp3) is 0.238. The second kappa shape index (κ2) is 7.25. The number of aryl methyl sites for hydroxylation is 1. The van der Waals surface area contributed by atoms with Crippen LogP contribution in [0.1, 0.15) is 24.5 Å². The van der Waals surface area contributed by atoms with Crippen molar-refractivity contribution in [3.8, 4) is 0 Å². The van der Waals surface area contributed by atoms with Crippen LogP contribution < -0.4 is 16.0 Å². The summed E-state index contributed by atoms with van der Waals surface area (Å²) < 4.78 is 14.1. The highest BCUT2D eigenvalue weighted by molar-refractivity contribution is 6.11. The maximum Gasteiger partial charge on any atom is 0.325 e. The van der Waals surface area contributed by atoms with Crippen LogP contribution in [0.2, 0.25) is 0 Å². The Morgan fingerprint density at radius 2 is 1.93 bits per heavy atom. The minimum Gasteiger partial charge on any atom is -0.326 e. The molecule has 1 aliphatic heterocycles. The Kier molecular flexibility index (Phi) is 4.73. The summed E-state index contributed by atoms with van der Waals surface area (Å²) in [6, 6.07) is 10.4. The molecule has 8 nitrogen and oxygen atoms in total. The Bertz CT molecular complexity index is 1090. The summed E-state index contributed by atoms with van der Waals surface area (Å²) in [7, 11) is 0. The summed E-state index contributed by atoms with van der Waals surface area (Å²) in [6.07, 6.45) is 1.06. The number of urea groups is 1. The van der Waals surface area contributed by atoms with Crippen molar-refractivity contribution >= 4 is 35.1 Å². The molecule has 0 radical (unpaired) electrons. The molecule has 1 aliphatic carbocycles. The van der Waals surface area contributed by atoms with Gasteiger partial charge in [-0.1, -0.05) is 24.3 Å². The standard InChI is InChI=1S/C21H19FN4O4/c1-12(27)23-14-6-7-16(22)17(10-14)24-18(28)11-26-19(29)21(25-20(26)30)9-8-13-4-2-3-5-15(13)21/h2-7,10H,8-9,11H2,1H3,(H,23,27)(H,24,28)(H,25,30). The van der Waals surface area contributed by atoms with Gasteiger partial charge in [0.15, 0.2) is 0 Å². The Labute approximate surface area is 171 Å². The van der Waals surface area contributed by atoms with Crippen molar-refractivity contribution in [1.82, 2.24) is 10.2 Å². The third kappa shape index (κ3) is 3.28. The van der Waals surface area contributed by atoms with Crippen LogP contribution in [0, 0.1) is 5.82 Å². The van der Waals surface area contributed by atoms with E-state index in [1.807, 2.05) is 12.1 Å². The second-order valence-corrected chi connectivity index (χ2v) is 7.31. The topological polar surface area (TPSA) is 108 Å². The van der Waals surface area contributed by atoms with E-state index in [4.69, 9.17) is 0 Å². The molecule has 30 heavy (non-hydrogen) atoms. The molecule has 154 valence electrons. The first kappa shape index (κ1) is 19.6. The van der Waals surface area contributed by atoms with Gasteiger partial charge in [0.25, 0.3) is 5.91 Å². The van der Waals surface area contributed by atoms with Crippen LogP contribution in [0.5, 0.6) is 0 Å². The Balaban J connectivity index is 1.50. The minimum atomic E-state index is -1.16. The van der Waals surface area contributed by atoms with Crippen molar-refractivity contribution in [2.75, 3.05) is 17.2 Å². The average Bonchev–Trinajstić information content (AvgIpc) is 3.18. The Morgan fingerprint density at radius 3 is 2.70 bits per heavy atom.